The molecule has 0 saturated heterocycles. The van der Waals surface area contributed by atoms with Gasteiger partial charge in [0.25, 0.3) is 0 Å². The summed E-state index contributed by atoms with van der Waals surface area (Å²) in [5.74, 6) is 0.484. The van der Waals surface area contributed by atoms with E-state index in [-0.39, 0.29) is 0 Å². The minimum Gasteiger partial charge on any atom is -0.399 e. The molecule has 0 aliphatic rings. The van der Waals surface area contributed by atoms with Crippen LogP contribution in [-0.2, 0) is 0 Å². The van der Waals surface area contributed by atoms with Crippen LogP contribution in [0.1, 0.15) is 11.3 Å². The largest absolute Gasteiger partial charge is 0.399 e. The molecule has 0 atom stereocenters. The molecule has 2 aromatic rings. The Kier molecular flexibility index (Phi) is 4.46. The Bertz CT molecular complexity index is 704. The number of benzene rings is 1. The molecule has 1 aromatic heterocycles. The highest BCUT2D eigenvalue weighted by atomic mass is 15.1. The summed E-state index contributed by atoms with van der Waals surface area (Å²) in [7, 11) is 0. The van der Waals surface area contributed by atoms with Gasteiger partial charge in [0.1, 0.15) is 0 Å². The SMILES string of the molecule is C=C/C(=C\N=C)c1ccnc(Nc2cc(N)ccc2C)n1. The summed E-state index contributed by atoms with van der Waals surface area (Å²) in [6, 6.07) is 7.43. The molecule has 0 bridgehead atoms. The first-order valence-corrected chi connectivity index (χ1v) is 6.39. The average Bonchev–Trinajstić information content (AvgIpc) is 2.49. The summed E-state index contributed by atoms with van der Waals surface area (Å²) in [6.45, 7) is 9.17. The van der Waals surface area contributed by atoms with Crippen LogP contribution in [0.3, 0.4) is 0 Å². The summed E-state index contributed by atoms with van der Waals surface area (Å²) in [4.78, 5) is 12.4. The highest BCUT2D eigenvalue weighted by Gasteiger charge is 2.05. The molecule has 106 valence electrons. The van der Waals surface area contributed by atoms with Gasteiger partial charge in [0, 0.05) is 29.3 Å². The van der Waals surface area contributed by atoms with Gasteiger partial charge in [-0.3, -0.25) is 4.99 Å². The van der Waals surface area contributed by atoms with Gasteiger partial charge >= 0.3 is 0 Å². The Morgan fingerprint density at radius 1 is 1.38 bits per heavy atom. The molecular weight excluding hydrogens is 262 g/mol. The van der Waals surface area contributed by atoms with Crippen LogP contribution < -0.4 is 11.1 Å². The Morgan fingerprint density at radius 2 is 2.19 bits per heavy atom. The highest BCUT2D eigenvalue weighted by Crippen LogP contribution is 2.22. The van der Waals surface area contributed by atoms with E-state index in [1.807, 2.05) is 25.1 Å². The lowest BCUT2D eigenvalue weighted by Crippen LogP contribution is -2.01. The highest BCUT2D eigenvalue weighted by molar-refractivity contribution is 5.72. The van der Waals surface area contributed by atoms with Crippen LogP contribution in [0.25, 0.3) is 5.57 Å². The number of nitrogens with zero attached hydrogens (tertiary/aromatic N) is 3. The predicted molar refractivity (Wildman–Crippen MR) is 88.6 cm³/mol. The number of aryl methyl sites for hydroxylation is 1. The van der Waals surface area contributed by atoms with Crippen molar-refractivity contribution in [3.8, 4) is 0 Å². The third-order valence-electron chi connectivity index (χ3n) is 2.91. The minimum atomic E-state index is 0.484. The van der Waals surface area contributed by atoms with Crippen molar-refractivity contribution in [1.29, 1.82) is 0 Å². The van der Waals surface area contributed by atoms with Gasteiger partial charge in [0.2, 0.25) is 5.95 Å². The van der Waals surface area contributed by atoms with Gasteiger partial charge in [-0.05, 0) is 37.4 Å². The first-order chi connectivity index (χ1) is 10.1. The second-order valence-corrected chi connectivity index (χ2v) is 4.44. The fourth-order valence-electron chi connectivity index (χ4n) is 1.80. The molecule has 0 unspecified atom stereocenters. The van der Waals surface area contributed by atoms with E-state index in [0.29, 0.717) is 11.6 Å². The van der Waals surface area contributed by atoms with Crippen molar-refractivity contribution in [3.63, 3.8) is 0 Å². The van der Waals surface area contributed by atoms with Crippen LogP contribution >= 0.6 is 0 Å². The molecule has 0 saturated carbocycles. The van der Waals surface area contributed by atoms with E-state index >= 15 is 0 Å². The Balaban J connectivity index is 2.33. The van der Waals surface area contributed by atoms with Crippen molar-refractivity contribution < 1.29 is 0 Å². The number of nitrogens with one attached hydrogen (secondary N) is 1. The van der Waals surface area contributed by atoms with E-state index in [1.54, 1.807) is 24.5 Å². The fraction of sp³-hybridized carbons (Fsp3) is 0.0625. The predicted octanol–water partition coefficient (Wildman–Crippen LogP) is 3.34. The number of allylic oxidation sites excluding steroid dienone is 2. The maximum Gasteiger partial charge on any atom is 0.227 e. The summed E-state index contributed by atoms with van der Waals surface area (Å²) in [5, 5.41) is 3.16. The third kappa shape index (κ3) is 3.54. The summed E-state index contributed by atoms with van der Waals surface area (Å²) < 4.78 is 0. The molecular formula is C16H17N5. The molecule has 0 aliphatic carbocycles. The lowest BCUT2D eigenvalue weighted by atomic mass is 10.2. The molecule has 3 N–H and O–H groups in total. The van der Waals surface area contributed by atoms with Crippen molar-refractivity contribution in [2.75, 3.05) is 11.1 Å². The van der Waals surface area contributed by atoms with Crippen molar-refractivity contribution in [2.24, 2.45) is 4.99 Å². The van der Waals surface area contributed by atoms with Crippen LogP contribution in [0, 0.1) is 6.92 Å². The monoisotopic (exact) mass is 279 g/mol. The molecule has 1 heterocycles. The molecule has 0 spiro atoms. The van der Waals surface area contributed by atoms with Crippen LogP contribution in [-0.4, -0.2) is 16.7 Å². The number of rotatable bonds is 5. The zero-order chi connectivity index (χ0) is 15.2. The second kappa shape index (κ2) is 6.47. The standard InChI is InChI=1S/C16H17N5/c1-4-12(10-18-3)14-7-8-19-16(20-14)21-15-9-13(17)6-5-11(15)2/h4-10H,1,3,17H2,2H3,(H,19,20,21)/b12-10+. The Hall–Kier alpha value is -2.95. The van der Waals surface area contributed by atoms with Crippen molar-refractivity contribution >= 4 is 29.6 Å². The van der Waals surface area contributed by atoms with Gasteiger partial charge in [-0.15, -0.1) is 0 Å². The van der Waals surface area contributed by atoms with E-state index in [2.05, 4.69) is 33.6 Å². The lowest BCUT2D eigenvalue weighted by molar-refractivity contribution is 1.14. The summed E-state index contributed by atoms with van der Waals surface area (Å²) in [6.07, 6.45) is 4.95. The average molecular weight is 279 g/mol. The Labute approximate surface area is 124 Å². The summed E-state index contributed by atoms with van der Waals surface area (Å²) >= 11 is 0. The van der Waals surface area contributed by atoms with Crippen LogP contribution in [0.2, 0.25) is 0 Å². The summed E-state index contributed by atoms with van der Waals surface area (Å²) in [5.41, 5.74) is 9.91. The number of hydrogen-bond donors (Lipinski definition) is 2. The molecule has 21 heavy (non-hydrogen) atoms. The van der Waals surface area contributed by atoms with Gasteiger partial charge in [0.05, 0.1) is 5.69 Å². The van der Waals surface area contributed by atoms with E-state index in [1.165, 1.54) is 0 Å². The number of nitrogen functional groups attached to an aromatic ring is 1. The van der Waals surface area contributed by atoms with E-state index < -0.39 is 0 Å². The minimum absolute atomic E-state index is 0.484. The maximum absolute atomic E-state index is 5.80. The van der Waals surface area contributed by atoms with Gasteiger partial charge in [-0.2, -0.15) is 0 Å². The fourth-order valence-corrected chi connectivity index (χ4v) is 1.80. The zero-order valence-electron chi connectivity index (χ0n) is 11.9. The van der Waals surface area contributed by atoms with Gasteiger partial charge in [-0.1, -0.05) is 18.7 Å². The molecule has 1 aromatic carbocycles. The van der Waals surface area contributed by atoms with Crippen molar-refractivity contribution in [1.82, 2.24) is 9.97 Å². The van der Waals surface area contributed by atoms with E-state index in [4.69, 9.17) is 5.73 Å². The topological polar surface area (TPSA) is 76.2 Å². The lowest BCUT2D eigenvalue weighted by Gasteiger charge is -2.10. The van der Waals surface area contributed by atoms with Crippen LogP contribution in [0.15, 0.2) is 54.3 Å². The Morgan fingerprint density at radius 3 is 2.90 bits per heavy atom. The molecule has 0 aliphatic heterocycles. The first-order valence-electron chi connectivity index (χ1n) is 6.39. The van der Waals surface area contributed by atoms with Crippen molar-refractivity contribution in [2.45, 2.75) is 6.92 Å². The zero-order valence-corrected chi connectivity index (χ0v) is 11.9. The number of aromatic nitrogens is 2. The van der Waals surface area contributed by atoms with Crippen LogP contribution in [0.4, 0.5) is 17.3 Å². The van der Waals surface area contributed by atoms with E-state index in [9.17, 15) is 0 Å². The number of anilines is 3. The van der Waals surface area contributed by atoms with Gasteiger partial charge in [-0.25, -0.2) is 9.97 Å². The third-order valence-corrected chi connectivity index (χ3v) is 2.91. The quantitative estimate of drug-likeness (QED) is 0.500. The number of aliphatic imine (C=N–C) groups is 1. The molecule has 5 nitrogen and oxygen atoms in total. The molecule has 0 fully saturated rings. The first kappa shape index (κ1) is 14.5. The normalized spacial score (nSPS) is 11.0. The van der Waals surface area contributed by atoms with Gasteiger partial charge < -0.3 is 11.1 Å². The van der Waals surface area contributed by atoms with Gasteiger partial charge in [0.15, 0.2) is 0 Å². The molecule has 5 heteroatoms. The van der Waals surface area contributed by atoms with Crippen LogP contribution in [0.5, 0.6) is 0 Å². The smallest absolute Gasteiger partial charge is 0.227 e. The van der Waals surface area contributed by atoms with E-state index in [0.717, 1.165) is 22.5 Å². The maximum atomic E-state index is 5.80. The molecule has 0 radical (unpaired) electrons. The number of nitrogens with two attached hydrogens (primary N) is 1. The van der Waals surface area contributed by atoms with Crippen molar-refractivity contribution in [3.05, 3.63) is 60.6 Å². The molecule has 0 amide bonds. The number of hydrogen-bond acceptors (Lipinski definition) is 5. The second-order valence-electron chi connectivity index (χ2n) is 4.44. The molecule has 2 rings (SSSR count).